The molecule has 0 N–H and O–H groups in total. The first kappa shape index (κ1) is 30.3. The Kier molecular flexibility index (Phi) is 7.03. The highest BCUT2D eigenvalue weighted by molar-refractivity contribution is 5.92. The second kappa shape index (κ2) is 12.1. The molecule has 1 heterocycles. The fraction of sp³-hybridized carbons (Fsp3) is 0.0625. The minimum Gasteiger partial charge on any atom is -0.208 e. The summed E-state index contributed by atoms with van der Waals surface area (Å²) < 4.78 is 14.2. The van der Waals surface area contributed by atoms with E-state index in [1.165, 1.54) is 33.4 Å². The van der Waals surface area contributed by atoms with Gasteiger partial charge in [0.2, 0.25) is 0 Å². The Balaban J connectivity index is 1.24. The van der Waals surface area contributed by atoms with Crippen molar-refractivity contribution in [2.45, 2.75) is 5.41 Å². The molecule has 7 aromatic rings. The molecule has 0 fully saturated rings. The summed E-state index contributed by atoms with van der Waals surface area (Å²) in [5, 5.41) is 0. The van der Waals surface area contributed by atoms with E-state index in [1.807, 2.05) is 72.8 Å². The maximum atomic E-state index is 14.2. The summed E-state index contributed by atoms with van der Waals surface area (Å²) in [5.74, 6) is 1.71. The Morgan fingerprint density at radius 2 is 1.02 bits per heavy atom. The summed E-state index contributed by atoms with van der Waals surface area (Å²) in [6.07, 6.45) is 11.4. The van der Waals surface area contributed by atoms with Gasteiger partial charge in [0.25, 0.3) is 0 Å². The molecule has 3 nitrogen and oxygen atoms in total. The SMILES string of the molecule is Fc1ccc(C2=Cc3ccccc3C3(c4ccccc4-c4ccc(-c5nc(-c6ccccc6)nc(-c6ccccc6)n5)cc43)C3C=CC=CC23)cc1. The lowest BCUT2D eigenvalue weighted by Crippen LogP contribution is -2.39. The zero-order chi connectivity index (χ0) is 34.6. The molecule has 3 aliphatic rings. The van der Waals surface area contributed by atoms with Crippen LogP contribution >= 0.6 is 0 Å². The fourth-order valence-electron chi connectivity index (χ4n) is 8.70. The topological polar surface area (TPSA) is 38.7 Å². The van der Waals surface area contributed by atoms with Crippen LogP contribution in [0.2, 0.25) is 0 Å². The number of hydrogen-bond donors (Lipinski definition) is 0. The van der Waals surface area contributed by atoms with Gasteiger partial charge >= 0.3 is 0 Å². The van der Waals surface area contributed by atoms with Crippen LogP contribution in [-0.2, 0) is 5.41 Å². The Morgan fingerprint density at radius 1 is 0.462 bits per heavy atom. The third kappa shape index (κ3) is 4.68. The zero-order valence-corrected chi connectivity index (χ0v) is 28.2. The van der Waals surface area contributed by atoms with Gasteiger partial charge in [-0.2, -0.15) is 0 Å². The summed E-state index contributed by atoms with van der Waals surface area (Å²) >= 11 is 0. The number of fused-ring (bicyclic) bond motifs is 9. The van der Waals surface area contributed by atoms with E-state index < -0.39 is 5.41 Å². The monoisotopic (exact) mass is 669 g/mol. The van der Waals surface area contributed by atoms with E-state index in [0.717, 1.165) is 27.8 Å². The van der Waals surface area contributed by atoms with Crippen molar-refractivity contribution in [2.75, 3.05) is 0 Å². The normalized spacial score (nSPS) is 19.3. The van der Waals surface area contributed by atoms with Crippen LogP contribution in [0.4, 0.5) is 4.39 Å². The lowest BCUT2D eigenvalue weighted by Gasteiger charge is -2.43. The molecule has 4 heteroatoms. The molecule has 52 heavy (non-hydrogen) atoms. The molecule has 0 aliphatic heterocycles. The maximum Gasteiger partial charge on any atom is 0.164 e. The number of allylic oxidation sites excluding steroid dienone is 5. The maximum absolute atomic E-state index is 14.2. The molecule has 3 unspecified atom stereocenters. The molecular weight excluding hydrogens is 638 g/mol. The molecule has 0 saturated heterocycles. The zero-order valence-electron chi connectivity index (χ0n) is 28.2. The van der Waals surface area contributed by atoms with Crippen LogP contribution in [0.5, 0.6) is 0 Å². The van der Waals surface area contributed by atoms with E-state index in [1.54, 1.807) is 12.1 Å². The molecule has 3 atom stereocenters. The fourth-order valence-corrected chi connectivity index (χ4v) is 8.70. The molecule has 0 saturated carbocycles. The van der Waals surface area contributed by atoms with Crippen molar-refractivity contribution >= 4 is 11.6 Å². The smallest absolute Gasteiger partial charge is 0.164 e. The van der Waals surface area contributed by atoms with Gasteiger partial charge in [0.05, 0.1) is 5.41 Å². The average molecular weight is 670 g/mol. The number of halogens is 1. The largest absolute Gasteiger partial charge is 0.208 e. The van der Waals surface area contributed by atoms with Gasteiger partial charge in [-0.1, -0.05) is 164 Å². The first-order valence-corrected chi connectivity index (χ1v) is 17.7. The Labute approximate surface area is 302 Å². The van der Waals surface area contributed by atoms with Crippen molar-refractivity contribution < 1.29 is 4.39 Å². The number of aromatic nitrogens is 3. The lowest BCUT2D eigenvalue weighted by molar-refractivity contribution is 0.409. The summed E-state index contributed by atoms with van der Waals surface area (Å²) in [6.45, 7) is 0. The predicted octanol–water partition coefficient (Wildman–Crippen LogP) is 11.2. The summed E-state index contributed by atoms with van der Waals surface area (Å²) in [6, 6.07) is 51.6. The van der Waals surface area contributed by atoms with Gasteiger partial charge in [-0.25, -0.2) is 19.3 Å². The van der Waals surface area contributed by atoms with Gasteiger partial charge in [-0.3, -0.25) is 0 Å². The second-order valence-electron chi connectivity index (χ2n) is 13.7. The number of benzene rings is 6. The molecule has 1 aromatic heterocycles. The molecule has 0 radical (unpaired) electrons. The van der Waals surface area contributed by atoms with E-state index >= 15 is 0 Å². The summed E-state index contributed by atoms with van der Waals surface area (Å²) in [5.41, 5.74) is 11.8. The van der Waals surface area contributed by atoms with E-state index in [2.05, 4.69) is 97.1 Å². The Morgan fingerprint density at radius 3 is 1.73 bits per heavy atom. The quantitative estimate of drug-likeness (QED) is 0.187. The van der Waals surface area contributed by atoms with Crippen LogP contribution in [0.1, 0.15) is 27.8 Å². The van der Waals surface area contributed by atoms with Gasteiger partial charge < -0.3 is 0 Å². The van der Waals surface area contributed by atoms with Crippen LogP contribution in [0, 0.1) is 17.7 Å². The predicted molar refractivity (Wildman–Crippen MR) is 207 cm³/mol. The van der Waals surface area contributed by atoms with Crippen LogP contribution in [0.15, 0.2) is 176 Å². The Bertz CT molecular complexity index is 2530. The van der Waals surface area contributed by atoms with E-state index in [-0.39, 0.29) is 17.7 Å². The molecule has 6 aromatic carbocycles. The highest BCUT2D eigenvalue weighted by Gasteiger charge is 2.53. The molecule has 3 aliphatic carbocycles. The van der Waals surface area contributed by atoms with Crippen molar-refractivity contribution in [2.24, 2.45) is 11.8 Å². The molecule has 10 rings (SSSR count). The molecular formula is C48H32FN3. The van der Waals surface area contributed by atoms with E-state index in [9.17, 15) is 4.39 Å². The third-order valence-corrected chi connectivity index (χ3v) is 10.9. The van der Waals surface area contributed by atoms with Crippen LogP contribution in [0.25, 0.3) is 56.9 Å². The second-order valence-corrected chi connectivity index (χ2v) is 13.7. The van der Waals surface area contributed by atoms with Gasteiger partial charge in [-0.05, 0) is 62.7 Å². The summed E-state index contributed by atoms with van der Waals surface area (Å²) in [4.78, 5) is 15.2. The van der Waals surface area contributed by atoms with Gasteiger partial charge in [0, 0.05) is 28.5 Å². The molecule has 0 bridgehead atoms. The number of rotatable bonds is 4. The highest BCUT2D eigenvalue weighted by Crippen LogP contribution is 2.62. The summed E-state index contributed by atoms with van der Waals surface area (Å²) in [7, 11) is 0. The average Bonchev–Trinajstić information content (AvgIpc) is 3.43. The van der Waals surface area contributed by atoms with Crippen molar-refractivity contribution in [3.8, 4) is 45.3 Å². The van der Waals surface area contributed by atoms with E-state index in [4.69, 9.17) is 15.0 Å². The van der Waals surface area contributed by atoms with Gasteiger partial charge in [0.15, 0.2) is 17.5 Å². The van der Waals surface area contributed by atoms with Crippen LogP contribution < -0.4 is 0 Å². The molecule has 0 amide bonds. The first-order chi connectivity index (χ1) is 25.7. The van der Waals surface area contributed by atoms with Crippen molar-refractivity contribution in [3.05, 3.63) is 210 Å². The van der Waals surface area contributed by atoms with Crippen molar-refractivity contribution in [1.82, 2.24) is 15.0 Å². The number of nitrogens with zero attached hydrogens (tertiary/aromatic N) is 3. The molecule has 246 valence electrons. The van der Waals surface area contributed by atoms with Crippen LogP contribution in [0.3, 0.4) is 0 Å². The minimum absolute atomic E-state index is 0.0215. The van der Waals surface area contributed by atoms with Crippen LogP contribution in [-0.4, -0.2) is 15.0 Å². The van der Waals surface area contributed by atoms with Gasteiger partial charge in [0.1, 0.15) is 5.82 Å². The molecule has 1 spiro atoms. The van der Waals surface area contributed by atoms with Crippen molar-refractivity contribution in [1.29, 1.82) is 0 Å². The highest BCUT2D eigenvalue weighted by atomic mass is 19.1. The minimum atomic E-state index is -0.541. The first-order valence-electron chi connectivity index (χ1n) is 17.7. The van der Waals surface area contributed by atoms with Gasteiger partial charge in [-0.15, -0.1) is 0 Å². The van der Waals surface area contributed by atoms with Crippen molar-refractivity contribution in [3.63, 3.8) is 0 Å². The lowest BCUT2D eigenvalue weighted by atomic mass is 9.58. The Hall–Kier alpha value is -6.52. The standard InChI is InChI=1S/C48H32FN3/c49-36-26-23-31(24-27-36)40-29-34-17-7-10-20-41(34)48(43-22-12-9-19-38(40)43)42-21-11-8-18-37(42)39-28-25-35(30-44(39)48)47-51-45(32-13-3-1-4-14-32)50-46(52-47)33-15-5-2-6-16-33/h1-30,38,43H. The third-order valence-electron chi connectivity index (χ3n) is 10.9. The number of hydrogen-bond acceptors (Lipinski definition) is 3. The van der Waals surface area contributed by atoms with E-state index in [0.29, 0.717) is 17.5 Å².